The Balaban J connectivity index is 2.24. The second-order valence-corrected chi connectivity index (χ2v) is 8.31. The minimum atomic E-state index is -0.512. The first kappa shape index (κ1) is 23.0. The molecule has 156 valence electrons. The van der Waals surface area contributed by atoms with E-state index >= 15 is 0 Å². The van der Waals surface area contributed by atoms with E-state index in [2.05, 4.69) is 19.2 Å². The fourth-order valence-corrected chi connectivity index (χ4v) is 3.24. The summed E-state index contributed by atoms with van der Waals surface area (Å²) < 4.78 is 0. The number of halogens is 1. The highest BCUT2D eigenvalue weighted by Crippen LogP contribution is 2.17. The van der Waals surface area contributed by atoms with Crippen molar-refractivity contribution in [1.29, 1.82) is 0 Å². The lowest BCUT2D eigenvalue weighted by Gasteiger charge is -2.31. The second kappa shape index (κ2) is 11.0. The SMILES string of the molecule is CC[C@@H](C(=O)NCC(C)C)N(Cc1ccc(Cl)cc1)C(=O)Cc1ccc(C)cc1. The van der Waals surface area contributed by atoms with Crippen molar-refractivity contribution in [3.05, 3.63) is 70.2 Å². The molecular formula is C24H31ClN2O2. The van der Waals surface area contributed by atoms with Gasteiger partial charge < -0.3 is 10.2 Å². The molecule has 0 unspecified atom stereocenters. The molecule has 2 rings (SSSR count). The van der Waals surface area contributed by atoms with E-state index in [1.165, 1.54) is 0 Å². The zero-order valence-corrected chi connectivity index (χ0v) is 18.5. The number of nitrogens with one attached hydrogen (secondary N) is 1. The van der Waals surface area contributed by atoms with Crippen LogP contribution < -0.4 is 5.32 Å². The summed E-state index contributed by atoms with van der Waals surface area (Å²) in [5.74, 6) is 0.187. The van der Waals surface area contributed by atoms with E-state index in [1.807, 2.05) is 50.2 Å². The molecule has 0 aliphatic heterocycles. The number of hydrogen-bond acceptors (Lipinski definition) is 2. The zero-order chi connectivity index (χ0) is 21.4. The molecule has 0 aliphatic carbocycles. The summed E-state index contributed by atoms with van der Waals surface area (Å²) in [4.78, 5) is 27.8. The van der Waals surface area contributed by atoms with Gasteiger partial charge in [0.05, 0.1) is 6.42 Å². The third kappa shape index (κ3) is 7.21. The first-order chi connectivity index (χ1) is 13.8. The third-order valence-corrected chi connectivity index (χ3v) is 5.06. The van der Waals surface area contributed by atoms with Crippen molar-refractivity contribution in [2.75, 3.05) is 6.54 Å². The van der Waals surface area contributed by atoms with Crippen molar-refractivity contribution in [1.82, 2.24) is 10.2 Å². The molecule has 0 bridgehead atoms. The van der Waals surface area contributed by atoms with Gasteiger partial charge in [-0.15, -0.1) is 0 Å². The molecule has 1 atom stereocenters. The van der Waals surface area contributed by atoms with E-state index in [-0.39, 0.29) is 18.2 Å². The van der Waals surface area contributed by atoms with Gasteiger partial charge in [-0.05, 0) is 42.5 Å². The maximum absolute atomic E-state index is 13.2. The molecule has 0 aliphatic rings. The topological polar surface area (TPSA) is 49.4 Å². The van der Waals surface area contributed by atoms with Crippen LogP contribution in [0.4, 0.5) is 0 Å². The van der Waals surface area contributed by atoms with Gasteiger partial charge in [-0.1, -0.05) is 74.3 Å². The number of hydrogen-bond donors (Lipinski definition) is 1. The number of aryl methyl sites for hydroxylation is 1. The molecule has 0 fully saturated rings. The molecule has 0 radical (unpaired) electrons. The average molecular weight is 415 g/mol. The molecule has 2 aromatic rings. The van der Waals surface area contributed by atoms with Gasteiger partial charge in [0, 0.05) is 18.1 Å². The van der Waals surface area contributed by atoms with Gasteiger partial charge in [0.2, 0.25) is 11.8 Å². The molecule has 5 heteroatoms. The maximum Gasteiger partial charge on any atom is 0.242 e. The van der Waals surface area contributed by atoms with Crippen LogP contribution in [0.15, 0.2) is 48.5 Å². The first-order valence-electron chi connectivity index (χ1n) is 10.2. The van der Waals surface area contributed by atoms with Crippen LogP contribution in [0.1, 0.15) is 43.9 Å². The van der Waals surface area contributed by atoms with E-state index < -0.39 is 6.04 Å². The van der Waals surface area contributed by atoms with Gasteiger partial charge >= 0.3 is 0 Å². The lowest BCUT2D eigenvalue weighted by molar-refractivity contribution is -0.141. The highest BCUT2D eigenvalue weighted by Gasteiger charge is 2.28. The number of rotatable bonds is 9. The monoisotopic (exact) mass is 414 g/mol. The van der Waals surface area contributed by atoms with Crippen molar-refractivity contribution in [2.45, 2.75) is 53.1 Å². The molecule has 0 spiro atoms. The summed E-state index contributed by atoms with van der Waals surface area (Å²) in [5.41, 5.74) is 3.04. The van der Waals surface area contributed by atoms with E-state index in [0.29, 0.717) is 30.5 Å². The van der Waals surface area contributed by atoms with Crippen molar-refractivity contribution in [3.8, 4) is 0 Å². The number of nitrogens with zero attached hydrogens (tertiary/aromatic N) is 1. The fraction of sp³-hybridized carbons (Fsp3) is 0.417. The molecule has 0 heterocycles. The molecule has 0 saturated heterocycles. The number of carbonyl (C=O) groups excluding carboxylic acids is 2. The van der Waals surface area contributed by atoms with Gasteiger partial charge in [-0.3, -0.25) is 9.59 Å². The molecular weight excluding hydrogens is 384 g/mol. The van der Waals surface area contributed by atoms with Crippen molar-refractivity contribution >= 4 is 23.4 Å². The maximum atomic E-state index is 13.2. The molecule has 0 aromatic heterocycles. The smallest absolute Gasteiger partial charge is 0.242 e. The van der Waals surface area contributed by atoms with Crippen LogP contribution in [0.5, 0.6) is 0 Å². The summed E-state index contributed by atoms with van der Waals surface area (Å²) in [5, 5.41) is 3.63. The van der Waals surface area contributed by atoms with E-state index in [9.17, 15) is 9.59 Å². The average Bonchev–Trinajstić information content (AvgIpc) is 2.69. The predicted octanol–water partition coefficient (Wildman–Crippen LogP) is 4.77. The highest BCUT2D eigenvalue weighted by atomic mass is 35.5. The van der Waals surface area contributed by atoms with E-state index in [4.69, 9.17) is 11.6 Å². The summed E-state index contributed by atoms with van der Waals surface area (Å²) in [6, 6.07) is 14.8. The standard InChI is InChI=1S/C24H31ClN2O2/c1-5-22(24(29)26-15-17(2)3)27(16-20-10-12-21(25)13-11-20)23(28)14-19-8-6-18(4)7-9-19/h6-13,17,22H,5,14-16H2,1-4H3,(H,26,29)/t22-/m0/s1. The summed E-state index contributed by atoms with van der Waals surface area (Å²) >= 11 is 6.00. The number of benzene rings is 2. The summed E-state index contributed by atoms with van der Waals surface area (Å²) in [6.45, 7) is 9.02. The Morgan fingerprint density at radius 2 is 1.59 bits per heavy atom. The van der Waals surface area contributed by atoms with Crippen LogP contribution >= 0.6 is 11.6 Å². The van der Waals surface area contributed by atoms with Crippen molar-refractivity contribution in [3.63, 3.8) is 0 Å². The number of amides is 2. The lowest BCUT2D eigenvalue weighted by Crippen LogP contribution is -2.50. The van der Waals surface area contributed by atoms with Gasteiger partial charge in [0.25, 0.3) is 0 Å². The summed E-state index contributed by atoms with van der Waals surface area (Å²) in [6.07, 6.45) is 0.818. The Hall–Kier alpha value is -2.33. The fourth-order valence-electron chi connectivity index (χ4n) is 3.11. The molecule has 2 aromatic carbocycles. The molecule has 1 N–H and O–H groups in total. The van der Waals surface area contributed by atoms with Gasteiger partial charge in [-0.2, -0.15) is 0 Å². The Kier molecular flexibility index (Phi) is 8.71. The second-order valence-electron chi connectivity index (χ2n) is 7.87. The molecule has 4 nitrogen and oxygen atoms in total. The summed E-state index contributed by atoms with van der Waals surface area (Å²) in [7, 11) is 0. The van der Waals surface area contributed by atoms with Gasteiger partial charge in [0.1, 0.15) is 6.04 Å². The van der Waals surface area contributed by atoms with Crippen molar-refractivity contribution < 1.29 is 9.59 Å². The minimum Gasteiger partial charge on any atom is -0.354 e. The Labute approximate surface area is 179 Å². The van der Waals surface area contributed by atoms with E-state index in [0.717, 1.165) is 16.7 Å². The van der Waals surface area contributed by atoms with Crippen LogP contribution in [0.2, 0.25) is 5.02 Å². The van der Waals surface area contributed by atoms with Crippen LogP contribution in [0.3, 0.4) is 0 Å². The Bertz CT molecular complexity index is 801. The quantitative estimate of drug-likeness (QED) is 0.642. The van der Waals surface area contributed by atoms with E-state index in [1.54, 1.807) is 17.0 Å². The van der Waals surface area contributed by atoms with Crippen LogP contribution in [-0.4, -0.2) is 29.3 Å². The van der Waals surface area contributed by atoms with Crippen LogP contribution in [-0.2, 0) is 22.6 Å². The lowest BCUT2D eigenvalue weighted by atomic mass is 10.1. The third-order valence-electron chi connectivity index (χ3n) is 4.81. The zero-order valence-electron chi connectivity index (χ0n) is 17.7. The van der Waals surface area contributed by atoms with Gasteiger partial charge in [-0.25, -0.2) is 0 Å². The highest BCUT2D eigenvalue weighted by molar-refractivity contribution is 6.30. The van der Waals surface area contributed by atoms with Crippen LogP contribution in [0.25, 0.3) is 0 Å². The Morgan fingerprint density at radius 1 is 1.00 bits per heavy atom. The number of carbonyl (C=O) groups is 2. The van der Waals surface area contributed by atoms with Crippen molar-refractivity contribution in [2.24, 2.45) is 5.92 Å². The largest absolute Gasteiger partial charge is 0.354 e. The van der Waals surface area contributed by atoms with Crippen LogP contribution in [0, 0.1) is 12.8 Å². The molecule has 2 amide bonds. The first-order valence-corrected chi connectivity index (χ1v) is 10.5. The minimum absolute atomic E-state index is 0.0599. The Morgan fingerprint density at radius 3 is 2.14 bits per heavy atom. The molecule has 29 heavy (non-hydrogen) atoms. The normalized spacial score (nSPS) is 11.9. The predicted molar refractivity (Wildman–Crippen MR) is 119 cm³/mol. The molecule has 0 saturated carbocycles. The van der Waals surface area contributed by atoms with Gasteiger partial charge in [0.15, 0.2) is 0 Å².